The molecule has 166 valence electrons. The zero-order valence-electron chi connectivity index (χ0n) is 18.0. The van der Waals surface area contributed by atoms with Crippen molar-refractivity contribution in [2.24, 2.45) is 0 Å². The molecule has 33 heavy (non-hydrogen) atoms. The van der Waals surface area contributed by atoms with Crippen LogP contribution in [0.4, 0.5) is 15.9 Å². The maximum atomic E-state index is 14.9. The summed E-state index contributed by atoms with van der Waals surface area (Å²) in [7, 11) is 0. The van der Waals surface area contributed by atoms with E-state index in [1.54, 1.807) is 22.8 Å². The molecule has 0 aliphatic rings. The van der Waals surface area contributed by atoms with Gasteiger partial charge in [0.1, 0.15) is 17.8 Å². The molecule has 0 saturated heterocycles. The van der Waals surface area contributed by atoms with E-state index in [9.17, 15) is 4.39 Å². The van der Waals surface area contributed by atoms with Gasteiger partial charge in [-0.2, -0.15) is 0 Å². The maximum Gasteiger partial charge on any atom is 0.169 e. The number of para-hydroxylation sites is 1. The first-order chi connectivity index (χ1) is 16.2. The Morgan fingerprint density at radius 3 is 2.70 bits per heavy atom. The van der Waals surface area contributed by atoms with E-state index in [4.69, 9.17) is 9.05 Å². The molecule has 0 fully saturated rings. The Morgan fingerprint density at radius 2 is 1.88 bits per heavy atom. The van der Waals surface area contributed by atoms with Crippen LogP contribution in [0.2, 0.25) is 0 Å². The largest absolute Gasteiger partial charge is 0.381 e. The van der Waals surface area contributed by atoms with Crippen molar-refractivity contribution in [2.75, 3.05) is 10.6 Å². The number of nitrogens with one attached hydrogen (secondary N) is 2. The smallest absolute Gasteiger partial charge is 0.169 e. The number of rotatable bonds is 8. The average molecular weight is 443 g/mol. The Morgan fingerprint density at radius 1 is 0.970 bits per heavy atom. The third-order valence-corrected chi connectivity index (χ3v) is 5.34. The SMILES string of the molecule is Cc1ccccc1NCc1ccn(-c2ccc(-c3cc(CNc4ccon4)on3)cc2F)c1. The minimum Gasteiger partial charge on any atom is -0.381 e. The summed E-state index contributed by atoms with van der Waals surface area (Å²) in [5.41, 5.74) is 5.00. The average Bonchev–Trinajstić information content (AvgIpc) is 3.59. The molecule has 2 N–H and O–H groups in total. The zero-order valence-corrected chi connectivity index (χ0v) is 18.0. The van der Waals surface area contributed by atoms with Crippen LogP contribution in [0, 0.1) is 12.7 Å². The molecule has 0 amide bonds. The van der Waals surface area contributed by atoms with Gasteiger partial charge < -0.3 is 24.2 Å². The molecule has 3 aromatic heterocycles. The first-order valence-corrected chi connectivity index (χ1v) is 10.5. The lowest BCUT2D eigenvalue weighted by Gasteiger charge is -2.08. The van der Waals surface area contributed by atoms with Gasteiger partial charge in [0.15, 0.2) is 11.6 Å². The fourth-order valence-corrected chi connectivity index (χ4v) is 3.55. The van der Waals surface area contributed by atoms with Gasteiger partial charge in [-0.1, -0.05) is 34.6 Å². The fourth-order valence-electron chi connectivity index (χ4n) is 3.55. The minimum atomic E-state index is -0.341. The summed E-state index contributed by atoms with van der Waals surface area (Å²) in [4.78, 5) is 0. The quantitative estimate of drug-likeness (QED) is 0.316. The maximum absolute atomic E-state index is 14.9. The van der Waals surface area contributed by atoms with Gasteiger partial charge in [-0.05, 0) is 42.3 Å². The lowest BCUT2D eigenvalue weighted by molar-refractivity contribution is 0.389. The Bertz CT molecular complexity index is 1360. The number of halogens is 1. The van der Waals surface area contributed by atoms with Crippen molar-refractivity contribution in [3.05, 3.63) is 102 Å². The van der Waals surface area contributed by atoms with E-state index in [1.165, 1.54) is 17.9 Å². The van der Waals surface area contributed by atoms with E-state index in [2.05, 4.69) is 33.9 Å². The molecule has 5 rings (SSSR count). The van der Waals surface area contributed by atoms with Gasteiger partial charge in [0, 0.05) is 42.3 Å². The summed E-state index contributed by atoms with van der Waals surface area (Å²) in [5, 5.41) is 14.3. The summed E-state index contributed by atoms with van der Waals surface area (Å²) in [5.74, 6) is 0.865. The molecule has 0 aliphatic heterocycles. The Kier molecular flexibility index (Phi) is 5.63. The monoisotopic (exact) mass is 443 g/mol. The standard InChI is InChI=1S/C25H22FN5O2/c1-17-4-2-3-5-22(17)27-14-18-8-10-31(16-18)24-7-6-19(12-21(24)26)23-13-20(33-29-23)15-28-25-9-11-32-30-25/h2-13,16,27H,14-15H2,1H3,(H,28,30). The van der Waals surface area contributed by atoms with Crippen LogP contribution in [0.5, 0.6) is 0 Å². The molecule has 0 unspecified atom stereocenters. The third kappa shape index (κ3) is 4.64. The summed E-state index contributed by atoms with van der Waals surface area (Å²) < 4.78 is 26.8. The van der Waals surface area contributed by atoms with E-state index in [1.807, 2.05) is 42.7 Å². The van der Waals surface area contributed by atoms with E-state index < -0.39 is 0 Å². The molecule has 2 aromatic carbocycles. The number of nitrogens with zero attached hydrogens (tertiary/aromatic N) is 3. The number of benzene rings is 2. The molecule has 5 aromatic rings. The second kappa shape index (κ2) is 9.04. The summed E-state index contributed by atoms with van der Waals surface area (Å²) in [6.45, 7) is 3.11. The van der Waals surface area contributed by atoms with Crippen molar-refractivity contribution in [3.8, 4) is 16.9 Å². The number of anilines is 2. The highest BCUT2D eigenvalue weighted by atomic mass is 19.1. The Hall–Kier alpha value is -4.33. The summed E-state index contributed by atoms with van der Waals surface area (Å²) in [6.07, 6.45) is 5.26. The molecule has 0 bridgehead atoms. The molecule has 7 nitrogen and oxygen atoms in total. The van der Waals surface area contributed by atoms with E-state index in [0.29, 0.717) is 41.6 Å². The molecular formula is C25H22FN5O2. The lowest BCUT2D eigenvalue weighted by atomic mass is 10.1. The summed E-state index contributed by atoms with van der Waals surface area (Å²) in [6, 6.07) is 18.6. The molecule has 3 heterocycles. The van der Waals surface area contributed by atoms with Gasteiger partial charge in [0.25, 0.3) is 0 Å². The molecule has 0 saturated carbocycles. The highest BCUT2D eigenvalue weighted by Crippen LogP contribution is 2.25. The van der Waals surface area contributed by atoms with Gasteiger partial charge in [0.2, 0.25) is 0 Å². The Labute approximate surface area is 189 Å². The van der Waals surface area contributed by atoms with Crippen molar-refractivity contribution in [3.63, 3.8) is 0 Å². The molecule has 0 aliphatic carbocycles. The predicted molar refractivity (Wildman–Crippen MR) is 124 cm³/mol. The molecule has 0 radical (unpaired) electrons. The van der Waals surface area contributed by atoms with Crippen LogP contribution in [0.25, 0.3) is 16.9 Å². The van der Waals surface area contributed by atoms with Crippen molar-refractivity contribution in [1.82, 2.24) is 14.9 Å². The lowest BCUT2D eigenvalue weighted by Crippen LogP contribution is -2.00. The molecule has 0 atom stereocenters. The van der Waals surface area contributed by atoms with Crippen molar-refractivity contribution in [1.29, 1.82) is 0 Å². The van der Waals surface area contributed by atoms with E-state index in [-0.39, 0.29) is 5.82 Å². The van der Waals surface area contributed by atoms with E-state index in [0.717, 1.165) is 11.3 Å². The fraction of sp³-hybridized carbons (Fsp3) is 0.120. The van der Waals surface area contributed by atoms with Crippen LogP contribution < -0.4 is 10.6 Å². The normalized spacial score (nSPS) is 11.0. The second-order valence-corrected chi connectivity index (χ2v) is 7.68. The highest BCUT2D eigenvalue weighted by molar-refractivity contribution is 5.61. The molecular weight excluding hydrogens is 421 g/mol. The van der Waals surface area contributed by atoms with Crippen molar-refractivity contribution < 1.29 is 13.4 Å². The minimum absolute atomic E-state index is 0.341. The second-order valence-electron chi connectivity index (χ2n) is 7.68. The van der Waals surface area contributed by atoms with Crippen LogP contribution in [0.1, 0.15) is 16.9 Å². The number of aromatic nitrogens is 3. The van der Waals surface area contributed by atoms with Crippen molar-refractivity contribution >= 4 is 11.5 Å². The van der Waals surface area contributed by atoms with E-state index >= 15 is 0 Å². The first-order valence-electron chi connectivity index (χ1n) is 10.5. The van der Waals surface area contributed by atoms with Crippen molar-refractivity contribution in [2.45, 2.75) is 20.0 Å². The van der Waals surface area contributed by atoms with Gasteiger partial charge in [-0.15, -0.1) is 0 Å². The van der Waals surface area contributed by atoms with Gasteiger partial charge in [-0.3, -0.25) is 0 Å². The third-order valence-electron chi connectivity index (χ3n) is 5.34. The zero-order chi connectivity index (χ0) is 22.6. The molecule has 8 heteroatoms. The van der Waals surface area contributed by atoms with Crippen LogP contribution >= 0.6 is 0 Å². The van der Waals surface area contributed by atoms with Crippen LogP contribution in [0.15, 0.2) is 88.4 Å². The van der Waals surface area contributed by atoms with Crippen LogP contribution in [-0.2, 0) is 13.1 Å². The molecule has 0 spiro atoms. The highest BCUT2D eigenvalue weighted by Gasteiger charge is 2.12. The number of hydrogen-bond donors (Lipinski definition) is 2. The number of aryl methyl sites for hydroxylation is 1. The summed E-state index contributed by atoms with van der Waals surface area (Å²) >= 11 is 0. The van der Waals surface area contributed by atoms with Crippen LogP contribution in [0.3, 0.4) is 0 Å². The van der Waals surface area contributed by atoms with Crippen LogP contribution in [-0.4, -0.2) is 14.9 Å². The topological polar surface area (TPSA) is 81.0 Å². The predicted octanol–water partition coefficient (Wildman–Crippen LogP) is 5.79. The Balaban J connectivity index is 1.26. The van der Waals surface area contributed by atoms with Gasteiger partial charge >= 0.3 is 0 Å². The van der Waals surface area contributed by atoms with Gasteiger partial charge in [0.05, 0.1) is 12.2 Å². The van der Waals surface area contributed by atoms with Gasteiger partial charge in [-0.25, -0.2) is 4.39 Å². The first kappa shape index (κ1) is 20.6. The number of hydrogen-bond acceptors (Lipinski definition) is 6.